The number of rotatable bonds is 3. The quantitative estimate of drug-likeness (QED) is 0.833. The molecule has 1 heterocycles. The van der Waals surface area contributed by atoms with Crippen LogP contribution in [0.4, 0.5) is 0 Å². The third-order valence-electron chi connectivity index (χ3n) is 1.76. The van der Waals surface area contributed by atoms with Gasteiger partial charge in [-0.15, -0.1) is 0 Å². The van der Waals surface area contributed by atoms with Crippen LogP contribution in [-0.4, -0.2) is 10.9 Å². The molecule has 3 heteroatoms. The minimum absolute atomic E-state index is 0. The SMILES string of the molecule is CC(=O)NCc1cccnc1.CCCC.[HH]. The van der Waals surface area contributed by atoms with Crippen molar-refractivity contribution in [1.29, 1.82) is 0 Å². The highest BCUT2D eigenvalue weighted by Gasteiger charge is 1.91. The van der Waals surface area contributed by atoms with Crippen LogP contribution in [0.2, 0.25) is 0 Å². The Morgan fingerprint density at radius 3 is 2.53 bits per heavy atom. The van der Waals surface area contributed by atoms with E-state index < -0.39 is 0 Å². The Hall–Kier alpha value is -1.38. The first kappa shape index (κ1) is 13.6. The molecule has 0 fully saturated rings. The first-order valence-electron chi connectivity index (χ1n) is 5.34. The molecule has 0 saturated heterocycles. The predicted molar refractivity (Wildman–Crippen MR) is 64.5 cm³/mol. The summed E-state index contributed by atoms with van der Waals surface area (Å²) < 4.78 is 0. The number of carbonyl (C=O) groups excluding carboxylic acids is 1. The van der Waals surface area contributed by atoms with Gasteiger partial charge >= 0.3 is 0 Å². The Labute approximate surface area is 93.4 Å². The van der Waals surface area contributed by atoms with E-state index in [0.29, 0.717) is 6.54 Å². The number of nitrogens with zero attached hydrogens (tertiary/aromatic N) is 1. The van der Waals surface area contributed by atoms with Crippen LogP contribution in [0.25, 0.3) is 0 Å². The fourth-order valence-corrected chi connectivity index (χ4v) is 0.729. The second-order valence-electron chi connectivity index (χ2n) is 3.27. The Bertz CT molecular complexity index is 263. The minimum atomic E-state index is -0.0196. The van der Waals surface area contributed by atoms with Crippen molar-refractivity contribution in [3.8, 4) is 0 Å². The van der Waals surface area contributed by atoms with E-state index in [2.05, 4.69) is 24.1 Å². The first-order valence-corrected chi connectivity index (χ1v) is 5.34. The Morgan fingerprint density at radius 1 is 1.47 bits per heavy atom. The van der Waals surface area contributed by atoms with Crippen LogP contribution in [0.3, 0.4) is 0 Å². The molecule has 1 rings (SSSR count). The van der Waals surface area contributed by atoms with E-state index in [1.54, 1.807) is 12.4 Å². The molecule has 0 unspecified atom stereocenters. The van der Waals surface area contributed by atoms with Crippen LogP contribution in [0.1, 0.15) is 40.6 Å². The van der Waals surface area contributed by atoms with Gasteiger partial charge in [0.1, 0.15) is 0 Å². The fraction of sp³-hybridized carbons (Fsp3) is 0.500. The van der Waals surface area contributed by atoms with Gasteiger partial charge in [-0.3, -0.25) is 9.78 Å². The van der Waals surface area contributed by atoms with Crippen molar-refractivity contribution < 1.29 is 6.22 Å². The number of nitrogens with one attached hydrogen (secondary N) is 1. The zero-order valence-corrected chi connectivity index (χ0v) is 9.79. The maximum absolute atomic E-state index is 10.5. The zero-order valence-electron chi connectivity index (χ0n) is 9.79. The molecular formula is C12H22N2O. The molecule has 0 aromatic carbocycles. The highest BCUT2D eigenvalue weighted by molar-refractivity contribution is 5.72. The average molecular weight is 210 g/mol. The fourth-order valence-electron chi connectivity index (χ4n) is 0.729. The molecule has 1 aromatic rings. The molecule has 0 aliphatic heterocycles. The summed E-state index contributed by atoms with van der Waals surface area (Å²) in [6.07, 6.45) is 6.08. The molecule has 1 aromatic heterocycles. The highest BCUT2D eigenvalue weighted by Crippen LogP contribution is 1.93. The summed E-state index contributed by atoms with van der Waals surface area (Å²) in [4.78, 5) is 14.4. The van der Waals surface area contributed by atoms with Crippen molar-refractivity contribution in [3.05, 3.63) is 30.1 Å². The number of amides is 1. The van der Waals surface area contributed by atoms with Crippen LogP contribution >= 0.6 is 0 Å². The van der Waals surface area contributed by atoms with E-state index >= 15 is 0 Å². The van der Waals surface area contributed by atoms with E-state index in [0.717, 1.165) is 5.56 Å². The van der Waals surface area contributed by atoms with Crippen molar-refractivity contribution in [2.24, 2.45) is 0 Å². The molecular weight excluding hydrogens is 188 g/mol. The molecule has 0 aliphatic rings. The maximum Gasteiger partial charge on any atom is 0.217 e. The monoisotopic (exact) mass is 210 g/mol. The van der Waals surface area contributed by atoms with Gasteiger partial charge in [-0.2, -0.15) is 0 Å². The van der Waals surface area contributed by atoms with Gasteiger partial charge in [-0.25, -0.2) is 0 Å². The Balaban J connectivity index is 0. The zero-order chi connectivity index (χ0) is 11.5. The standard InChI is InChI=1S/C8H10N2O.C4H10.H2/c1-7(11)10-6-8-3-2-4-9-5-8;1-3-4-2;/h2-5H,6H2,1H3,(H,10,11);3-4H2,1-2H3;1H. The van der Waals surface area contributed by atoms with Crippen molar-refractivity contribution in [1.82, 2.24) is 10.3 Å². The minimum Gasteiger partial charge on any atom is -0.352 e. The topological polar surface area (TPSA) is 42.0 Å². The normalized spacial score (nSPS) is 8.73. The molecule has 15 heavy (non-hydrogen) atoms. The number of carbonyl (C=O) groups is 1. The third-order valence-corrected chi connectivity index (χ3v) is 1.76. The summed E-state index contributed by atoms with van der Waals surface area (Å²) >= 11 is 0. The van der Waals surface area contributed by atoms with Gasteiger partial charge in [0.15, 0.2) is 0 Å². The van der Waals surface area contributed by atoms with Crippen LogP contribution < -0.4 is 5.32 Å². The van der Waals surface area contributed by atoms with E-state index in [4.69, 9.17) is 0 Å². The van der Waals surface area contributed by atoms with Crippen LogP contribution in [0, 0.1) is 0 Å². The number of hydrogen-bond donors (Lipinski definition) is 1. The number of hydrogen-bond acceptors (Lipinski definition) is 2. The molecule has 0 radical (unpaired) electrons. The van der Waals surface area contributed by atoms with E-state index in [-0.39, 0.29) is 7.33 Å². The maximum atomic E-state index is 10.5. The van der Waals surface area contributed by atoms with Crippen molar-refractivity contribution >= 4 is 5.91 Å². The highest BCUT2D eigenvalue weighted by atomic mass is 16.1. The Kier molecular flexibility index (Phi) is 8.34. The lowest BCUT2D eigenvalue weighted by Gasteiger charge is -1.99. The Morgan fingerprint density at radius 2 is 2.13 bits per heavy atom. The number of unbranched alkanes of at least 4 members (excludes halogenated alkanes) is 1. The summed E-state index contributed by atoms with van der Waals surface area (Å²) in [5, 5.41) is 2.68. The summed E-state index contributed by atoms with van der Waals surface area (Å²) in [7, 11) is 0. The third kappa shape index (κ3) is 8.94. The van der Waals surface area contributed by atoms with E-state index in [1.165, 1.54) is 19.8 Å². The van der Waals surface area contributed by atoms with Gasteiger partial charge in [-0.1, -0.05) is 32.8 Å². The summed E-state index contributed by atoms with van der Waals surface area (Å²) in [5.41, 5.74) is 1.02. The summed E-state index contributed by atoms with van der Waals surface area (Å²) in [6, 6.07) is 3.76. The summed E-state index contributed by atoms with van der Waals surface area (Å²) in [5.74, 6) is -0.0196. The van der Waals surface area contributed by atoms with Crippen LogP contribution in [0.15, 0.2) is 24.5 Å². The van der Waals surface area contributed by atoms with Crippen LogP contribution in [-0.2, 0) is 11.3 Å². The molecule has 0 aliphatic carbocycles. The molecule has 0 bridgehead atoms. The first-order chi connectivity index (χ1) is 7.20. The van der Waals surface area contributed by atoms with Crippen molar-refractivity contribution in [2.75, 3.05) is 0 Å². The lowest BCUT2D eigenvalue weighted by atomic mass is 10.3. The van der Waals surface area contributed by atoms with Gasteiger partial charge < -0.3 is 5.32 Å². The van der Waals surface area contributed by atoms with Crippen molar-refractivity contribution in [3.63, 3.8) is 0 Å². The van der Waals surface area contributed by atoms with Gasteiger partial charge in [0.2, 0.25) is 5.91 Å². The largest absolute Gasteiger partial charge is 0.352 e. The number of aromatic nitrogens is 1. The van der Waals surface area contributed by atoms with E-state index in [1.807, 2.05) is 12.1 Å². The lowest BCUT2D eigenvalue weighted by Crippen LogP contribution is -2.18. The molecule has 86 valence electrons. The number of pyridine rings is 1. The second-order valence-corrected chi connectivity index (χ2v) is 3.27. The van der Waals surface area contributed by atoms with E-state index in [9.17, 15) is 4.79 Å². The molecule has 1 N–H and O–H groups in total. The smallest absolute Gasteiger partial charge is 0.217 e. The van der Waals surface area contributed by atoms with Crippen molar-refractivity contribution in [2.45, 2.75) is 40.2 Å². The molecule has 0 spiro atoms. The van der Waals surface area contributed by atoms with Gasteiger partial charge in [0.05, 0.1) is 0 Å². The molecule has 3 nitrogen and oxygen atoms in total. The predicted octanol–water partition coefficient (Wildman–Crippen LogP) is 2.77. The lowest BCUT2D eigenvalue weighted by molar-refractivity contribution is -0.119. The molecule has 0 saturated carbocycles. The van der Waals surface area contributed by atoms with Gasteiger partial charge in [0.25, 0.3) is 0 Å². The summed E-state index contributed by atoms with van der Waals surface area (Å²) in [6.45, 7) is 6.42. The van der Waals surface area contributed by atoms with Gasteiger partial charge in [-0.05, 0) is 11.6 Å². The average Bonchev–Trinajstić information content (AvgIpc) is 2.28. The second kappa shape index (κ2) is 9.19. The molecule has 0 atom stereocenters. The molecule has 1 amide bonds. The van der Waals surface area contributed by atoms with Crippen LogP contribution in [0.5, 0.6) is 0 Å². The van der Waals surface area contributed by atoms with Gasteiger partial charge in [0, 0.05) is 27.3 Å².